The molecule has 2 aliphatic rings. The van der Waals surface area contributed by atoms with Gasteiger partial charge in [0.05, 0.1) is 23.6 Å². The van der Waals surface area contributed by atoms with Gasteiger partial charge in [0.15, 0.2) is 28.9 Å². The van der Waals surface area contributed by atoms with Crippen LogP contribution in [0.25, 0.3) is 90.2 Å². The first-order valence-corrected chi connectivity index (χ1v) is 19.1. The zero-order valence-corrected chi connectivity index (χ0v) is 32.3. The first-order chi connectivity index (χ1) is 30.3. The first kappa shape index (κ1) is 40.3. The molecule has 8 bridgehead atoms. The molecule has 0 radical (unpaired) electrons. The lowest BCUT2D eigenvalue weighted by molar-refractivity contribution is 0.0504. The molecule has 1 atom stereocenters. The summed E-state index contributed by atoms with van der Waals surface area (Å²) < 4.78 is 69.8. The predicted molar refractivity (Wildman–Crippen MR) is 227 cm³/mol. The van der Waals surface area contributed by atoms with E-state index in [0.717, 1.165) is 0 Å². The molecule has 0 fully saturated rings. The molecule has 16 heteroatoms. The number of rotatable bonds is 8. The fourth-order valence-corrected chi connectivity index (χ4v) is 7.66. The molecule has 0 saturated carbocycles. The van der Waals surface area contributed by atoms with Crippen molar-refractivity contribution >= 4 is 45.7 Å². The highest BCUT2D eigenvalue weighted by Crippen LogP contribution is 2.45. The summed E-state index contributed by atoms with van der Waals surface area (Å²) in [6.45, 7) is -1.83. The Bertz CT molecular complexity index is 3240. The first-order valence-electron chi connectivity index (χ1n) is 19.1. The second-order valence-corrected chi connectivity index (χ2v) is 14.6. The standard InChI is InChI=1S/C47H32F4N4O8/c48-39-38(40(49)42(51)47(41(39)50)63-20-27(60)19-56)37-33-15-13-31(54-33)35(22-5-2-8-25(58)17-22)29-11-10-28(52-29)34(21-4-1-7-24(57)16-21)30-12-14-32(53-30)36(23-6-3-9-26(59)18-23)43-45(61)46(62)44(37)55-43/h1-18,27,53-54,56-62H,19-20H2. The number of nitrogens with zero attached hydrogens (tertiary/aromatic N) is 2. The molecule has 0 spiro atoms. The highest BCUT2D eigenvalue weighted by Gasteiger charge is 2.34. The number of hydrogen-bond donors (Lipinski definition) is 9. The molecule has 12 nitrogen and oxygen atoms in total. The highest BCUT2D eigenvalue weighted by atomic mass is 19.2. The summed E-state index contributed by atoms with van der Waals surface area (Å²) in [5.74, 6) is -11.9. The van der Waals surface area contributed by atoms with Crippen LogP contribution >= 0.6 is 0 Å². The molecule has 3 aromatic heterocycles. The Morgan fingerprint density at radius 1 is 0.508 bits per heavy atom. The minimum absolute atomic E-state index is 0.0418. The van der Waals surface area contributed by atoms with E-state index in [0.29, 0.717) is 39.2 Å². The molecule has 63 heavy (non-hydrogen) atoms. The number of aliphatic hydroxyl groups is 4. The number of benzene rings is 4. The minimum atomic E-state index is -2.03. The van der Waals surface area contributed by atoms with E-state index in [1.807, 2.05) is 0 Å². The van der Waals surface area contributed by atoms with Crippen molar-refractivity contribution in [2.75, 3.05) is 13.2 Å². The number of aromatic nitrogens is 4. The number of nitrogens with one attached hydrogen (secondary N) is 2. The Morgan fingerprint density at radius 2 is 0.921 bits per heavy atom. The average molecular weight is 857 g/mol. The third-order valence-electron chi connectivity index (χ3n) is 10.5. The molecule has 1 unspecified atom stereocenters. The molecule has 4 aromatic carbocycles. The summed E-state index contributed by atoms with van der Waals surface area (Å²) >= 11 is 0. The molecule has 7 aromatic rings. The smallest absolute Gasteiger partial charge is 0.204 e. The average Bonchev–Trinajstić information content (AvgIpc) is 4.10. The van der Waals surface area contributed by atoms with Crippen molar-refractivity contribution < 1.29 is 58.0 Å². The Hall–Kier alpha value is -8.08. The lowest BCUT2D eigenvalue weighted by Gasteiger charge is -2.15. The van der Waals surface area contributed by atoms with Crippen molar-refractivity contribution in [2.24, 2.45) is 0 Å². The number of hydrogen-bond acceptors (Lipinski definition) is 10. The van der Waals surface area contributed by atoms with Crippen molar-refractivity contribution in [3.63, 3.8) is 0 Å². The van der Waals surface area contributed by atoms with Gasteiger partial charge in [-0.05, 0) is 89.5 Å². The van der Waals surface area contributed by atoms with Gasteiger partial charge in [0.2, 0.25) is 11.6 Å². The summed E-state index contributed by atoms with van der Waals surface area (Å²) in [5, 5.41) is 74.2. The van der Waals surface area contributed by atoms with Gasteiger partial charge >= 0.3 is 0 Å². The van der Waals surface area contributed by atoms with Crippen molar-refractivity contribution in [3.8, 4) is 67.5 Å². The second kappa shape index (κ2) is 15.7. The van der Waals surface area contributed by atoms with Gasteiger partial charge in [0, 0.05) is 44.3 Å². The van der Waals surface area contributed by atoms with Crippen LogP contribution in [0.3, 0.4) is 0 Å². The molecule has 9 N–H and O–H groups in total. The molecule has 316 valence electrons. The zero-order valence-electron chi connectivity index (χ0n) is 32.3. The quantitative estimate of drug-likeness (QED) is 0.0522. The molecule has 0 aliphatic carbocycles. The van der Waals surface area contributed by atoms with Crippen molar-refractivity contribution in [2.45, 2.75) is 6.10 Å². The highest BCUT2D eigenvalue weighted by molar-refractivity contribution is 6.02. The van der Waals surface area contributed by atoms with E-state index < -0.39 is 82.4 Å². The maximum atomic E-state index is 16.5. The van der Waals surface area contributed by atoms with Crippen LogP contribution in [0.5, 0.6) is 23.0 Å². The fourth-order valence-electron chi connectivity index (χ4n) is 7.66. The summed E-state index contributed by atoms with van der Waals surface area (Å²) in [6, 6.07) is 24.4. The van der Waals surface area contributed by atoms with E-state index in [1.54, 1.807) is 54.6 Å². The summed E-state index contributed by atoms with van der Waals surface area (Å²) in [6.07, 6.45) is 1.74. The van der Waals surface area contributed by atoms with Gasteiger partial charge < -0.3 is 50.5 Å². The number of fused-ring (bicyclic) bond motifs is 8. The molecule has 0 saturated heterocycles. The van der Waals surface area contributed by atoms with Crippen molar-refractivity contribution in [3.05, 3.63) is 143 Å². The number of aromatic hydroxyl groups is 3. The minimum Gasteiger partial charge on any atom is -0.508 e. The second-order valence-electron chi connectivity index (χ2n) is 14.6. The van der Waals surface area contributed by atoms with Crippen LogP contribution in [0.2, 0.25) is 0 Å². The van der Waals surface area contributed by atoms with E-state index >= 15 is 17.6 Å². The number of phenols is 3. The Kier molecular flexibility index (Phi) is 10.1. The Morgan fingerprint density at radius 3 is 1.37 bits per heavy atom. The number of halogens is 4. The number of aliphatic hydroxyl groups excluding tert-OH is 4. The summed E-state index contributed by atoms with van der Waals surface area (Å²) in [4.78, 5) is 15.9. The van der Waals surface area contributed by atoms with Gasteiger partial charge in [0.1, 0.15) is 41.3 Å². The Labute approximate surface area is 352 Å². The van der Waals surface area contributed by atoms with Gasteiger partial charge in [0.25, 0.3) is 0 Å². The zero-order chi connectivity index (χ0) is 44.3. The van der Waals surface area contributed by atoms with Crippen LogP contribution in [0.15, 0.2) is 97.1 Å². The van der Waals surface area contributed by atoms with E-state index in [2.05, 4.69) is 15.0 Å². The number of ether oxygens (including phenoxy) is 1. The lowest BCUT2D eigenvalue weighted by atomic mass is 10.00. The molecule has 5 heterocycles. The van der Waals surface area contributed by atoms with Gasteiger partial charge in [-0.25, -0.2) is 18.7 Å². The van der Waals surface area contributed by atoms with Gasteiger partial charge in [-0.15, -0.1) is 0 Å². The normalized spacial score (nSPS) is 12.9. The maximum Gasteiger partial charge on any atom is 0.204 e. The number of H-pyrrole nitrogens is 2. The molecule has 0 amide bonds. The van der Waals surface area contributed by atoms with Crippen molar-refractivity contribution in [1.82, 2.24) is 19.9 Å². The van der Waals surface area contributed by atoms with Crippen LogP contribution < -0.4 is 4.74 Å². The largest absolute Gasteiger partial charge is 0.508 e. The Balaban J connectivity index is 1.50. The maximum absolute atomic E-state index is 16.5. The predicted octanol–water partition coefficient (Wildman–Crippen LogP) is 9.50. The third kappa shape index (κ3) is 7.02. The van der Waals surface area contributed by atoms with E-state index in [-0.39, 0.29) is 44.9 Å². The molecule has 2 aliphatic heterocycles. The monoisotopic (exact) mass is 856 g/mol. The summed E-state index contributed by atoms with van der Waals surface area (Å²) in [5.41, 5.74) is 0.0120. The van der Waals surface area contributed by atoms with Gasteiger partial charge in [-0.1, -0.05) is 36.4 Å². The lowest BCUT2D eigenvalue weighted by Crippen LogP contribution is -2.22. The van der Waals surface area contributed by atoms with Crippen LogP contribution in [0.4, 0.5) is 17.6 Å². The fraction of sp³-hybridized carbons (Fsp3) is 0.0638. The molecule has 9 rings (SSSR count). The summed E-state index contributed by atoms with van der Waals surface area (Å²) in [7, 11) is 0. The van der Waals surface area contributed by atoms with Gasteiger partial charge in [-0.2, -0.15) is 8.78 Å². The van der Waals surface area contributed by atoms with E-state index in [1.165, 1.54) is 54.6 Å². The SMILES string of the molecule is OCC(O)COc1c(F)c(F)c(-c2c3nc(c(-c4cccc(O)c4)c4ccc([nH]4)c(-c4cccc(O)c4)c4nc(c(-c5cccc(O)c5)c5ccc2[nH]5)C=C4)C(O)=C3O)c(F)c1F. The van der Waals surface area contributed by atoms with Gasteiger partial charge in [-0.3, -0.25) is 0 Å². The third-order valence-corrected chi connectivity index (χ3v) is 10.5. The van der Waals surface area contributed by atoms with E-state index in [9.17, 15) is 35.7 Å². The van der Waals surface area contributed by atoms with Crippen LogP contribution in [0.1, 0.15) is 22.8 Å². The number of aromatic amines is 2. The van der Waals surface area contributed by atoms with Crippen LogP contribution in [0, 0.1) is 23.3 Å². The number of phenolic OH excluding ortho intramolecular Hbond substituents is 3. The van der Waals surface area contributed by atoms with Crippen LogP contribution in [-0.4, -0.2) is 75.0 Å². The molecular weight excluding hydrogens is 825 g/mol. The molecular formula is C47H32F4N4O8. The topological polar surface area (TPSA) is 208 Å². The van der Waals surface area contributed by atoms with E-state index in [4.69, 9.17) is 9.72 Å². The van der Waals surface area contributed by atoms with Crippen molar-refractivity contribution in [1.29, 1.82) is 0 Å². The van der Waals surface area contributed by atoms with Crippen LogP contribution in [-0.2, 0) is 0 Å².